The average molecular weight is 902 g/mol. The van der Waals surface area contributed by atoms with Crippen molar-refractivity contribution in [3.05, 3.63) is 246 Å². The van der Waals surface area contributed by atoms with Crippen molar-refractivity contribution in [1.82, 2.24) is 15.0 Å². The summed E-state index contributed by atoms with van der Waals surface area (Å²) in [6, 6.07) is 63.8. The van der Waals surface area contributed by atoms with Crippen molar-refractivity contribution in [3.63, 3.8) is 0 Å². The van der Waals surface area contributed by atoms with E-state index < -0.39 is 23.6 Å². The van der Waals surface area contributed by atoms with Crippen molar-refractivity contribution >= 4 is 0 Å². The molecule has 342 valence electrons. The Kier molecular flexibility index (Phi) is 11.9. The van der Waals surface area contributed by atoms with Crippen molar-refractivity contribution in [2.45, 2.75) is 95.7 Å². The summed E-state index contributed by atoms with van der Waals surface area (Å²) in [5.74, 6) is 0.445. The number of benzene rings is 6. The first-order chi connectivity index (χ1) is 35.1. The smallest absolute Gasteiger partial charge is 0.0708 e. The molecule has 0 radical (unpaired) electrons. The molecule has 0 saturated heterocycles. The Morgan fingerprint density at radius 2 is 0.913 bits per heavy atom. The minimum atomic E-state index is -2.53. The van der Waals surface area contributed by atoms with Crippen LogP contribution in [0.2, 0.25) is 0 Å². The van der Waals surface area contributed by atoms with Crippen LogP contribution in [0, 0.1) is 0 Å². The molecule has 0 unspecified atom stereocenters. The lowest BCUT2D eigenvalue weighted by molar-refractivity contribution is 0.512. The highest BCUT2D eigenvalue weighted by Gasteiger charge is 2.26. The first-order valence-corrected chi connectivity index (χ1v) is 24.6. The molecule has 0 atom stereocenters. The van der Waals surface area contributed by atoms with Gasteiger partial charge >= 0.3 is 0 Å². The maximum Gasteiger partial charge on any atom is 0.0708 e. The summed E-state index contributed by atoms with van der Waals surface area (Å²) in [6.45, 7) is 8.80. The topological polar surface area (TPSA) is 38.7 Å². The highest BCUT2D eigenvalue weighted by molar-refractivity contribution is 5.77. The van der Waals surface area contributed by atoms with Crippen LogP contribution in [-0.2, 0) is 36.4 Å². The normalized spacial score (nSPS) is 14.4. The zero-order valence-corrected chi connectivity index (χ0v) is 40.3. The van der Waals surface area contributed by atoms with Crippen LogP contribution in [0.4, 0.5) is 0 Å². The fourth-order valence-electron chi connectivity index (χ4n) is 10.2. The molecule has 0 bridgehead atoms. The molecule has 3 aromatic heterocycles. The van der Waals surface area contributed by atoms with Gasteiger partial charge < -0.3 is 0 Å². The molecule has 3 heteroatoms. The summed E-state index contributed by atoms with van der Waals surface area (Å²) < 4.78 is 40.5. The molecule has 3 nitrogen and oxygen atoms in total. The molecule has 1 saturated carbocycles. The van der Waals surface area contributed by atoms with Crippen molar-refractivity contribution in [3.8, 4) is 56.0 Å². The summed E-state index contributed by atoms with van der Waals surface area (Å²) >= 11 is 0. The predicted octanol–water partition coefficient (Wildman–Crippen LogP) is 16.7. The molecule has 0 spiro atoms. The van der Waals surface area contributed by atoms with Crippen LogP contribution < -0.4 is 0 Å². The summed E-state index contributed by atoms with van der Waals surface area (Å²) in [4.78, 5) is 14.7. The third-order valence-electron chi connectivity index (χ3n) is 14.1. The second kappa shape index (κ2) is 20.2. The maximum atomic E-state index is 10.1. The van der Waals surface area contributed by atoms with Gasteiger partial charge in [-0.25, -0.2) is 0 Å². The average Bonchev–Trinajstić information content (AvgIpc) is 3.97. The summed E-state index contributed by atoms with van der Waals surface area (Å²) in [7, 11) is 0. The molecule has 0 amide bonds. The molecule has 0 N–H and O–H groups in total. The molecule has 6 aromatic carbocycles. The molecule has 0 aliphatic heterocycles. The Bertz CT molecular complexity index is 3210. The Hall–Kier alpha value is -7.23. The van der Waals surface area contributed by atoms with E-state index in [4.69, 9.17) is 15.0 Å². The van der Waals surface area contributed by atoms with Crippen molar-refractivity contribution in [2.24, 2.45) is 0 Å². The van der Waals surface area contributed by atoms with E-state index in [9.17, 15) is 5.48 Å². The first kappa shape index (κ1) is 40.8. The molecule has 69 heavy (non-hydrogen) atoms. The number of hydrogen-bond acceptors (Lipinski definition) is 3. The largest absolute Gasteiger partial charge is 0.256 e. The van der Waals surface area contributed by atoms with Crippen LogP contribution >= 0.6 is 0 Å². The highest BCUT2D eigenvalue weighted by atomic mass is 14.7. The monoisotopic (exact) mass is 902 g/mol. The van der Waals surface area contributed by atoms with Gasteiger partial charge in [0.15, 0.2) is 0 Å². The van der Waals surface area contributed by atoms with Gasteiger partial charge in [-0.2, -0.15) is 0 Å². The minimum Gasteiger partial charge on any atom is -0.256 e. The quantitative estimate of drug-likeness (QED) is 0.103. The molecule has 1 fully saturated rings. The number of aromatic nitrogens is 3. The lowest BCUT2D eigenvalue weighted by Gasteiger charge is -2.28. The molecular formula is C66H63N3. The zero-order valence-electron chi connectivity index (χ0n) is 44.3. The van der Waals surface area contributed by atoms with Crippen LogP contribution in [0.25, 0.3) is 56.0 Å². The minimum absolute atomic E-state index is 0.214. The second-order valence-corrected chi connectivity index (χ2v) is 20.2. The van der Waals surface area contributed by atoms with Crippen LogP contribution in [-0.4, -0.2) is 15.0 Å². The van der Waals surface area contributed by atoms with Gasteiger partial charge in [-0.05, 0) is 141 Å². The SMILES string of the molecule is [2H]C([2H])(c1cc(CC(C)(C)c2ccc(-c3ccccc3)nc2)cc(CC(C)(C)c2ccc(-c3ccccc3)nc2)c1)C([2H])([2H])c1cnc(-c2cccc(-c3ccccc3)c2)cc1-c1cccc(C2CCCC2)c1. The van der Waals surface area contributed by atoms with Crippen molar-refractivity contribution < 1.29 is 5.48 Å². The van der Waals surface area contributed by atoms with Gasteiger partial charge in [0.2, 0.25) is 0 Å². The van der Waals surface area contributed by atoms with E-state index in [1.54, 1.807) is 6.20 Å². The Balaban J connectivity index is 1.06. The van der Waals surface area contributed by atoms with E-state index in [2.05, 4.69) is 125 Å². The van der Waals surface area contributed by atoms with E-state index in [0.717, 1.165) is 79.9 Å². The molecule has 9 aromatic rings. The van der Waals surface area contributed by atoms with Gasteiger partial charge in [-0.15, -0.1) is 0 Å². The number of hydrogen-bond donors (Lipinski definition) is 0. The van der Waals surface area contributed by atoms with Crippen molar-refractivity contribution in [2.75, 3.05) is 0 Å². The Morgan fingerprint density at radius 1 is 0.420 bits per heavy atom. The third kappa shape index (κ3) is 10.7. The fraction of sp³-hybridized carbons (Fsp3) is 0.227. The van der Waals surface area contributed by atoms with Crippen LogP contribution in [0.5, 0.6) is 0 Å². The summed E-state index contributed by atoms with van der Waals surface area (Å²) in [5, 5.41) is 0. The fourth-order valence-corrected chi connectivity index (χ4v) is 10.2. The second-order valence-electron chi connectivity index (χ2n) is 20.2. The van der Waals surface area contributed by atoms with Crippen molar-refractivity contribution in [1.29, 1.82) is 0 Å². The highest BCUT2D eigenvalue weighted by Crippen LogP contribution is 2.38. The van der Waals surface area contributed by atoms with Gasteiger partial charge in [-0.3, -0.25) is 15.0 Å². The van der Waals surface area contributed by atoms with Gasteiger partial charge in [-0.1, -0.05) is 204 Å². The van der Waals surface area contributed by atoms with E-state index in [1.165, 1.54) is 18.4 Å². The van der Waals surface area contributed by atoms with Gasteiger partial charge in [0, 0.05) is 40.8 Å². The first-order valence-electron chi connectivity index (χ1n) is 26.6. The van der Waals surface area contributed by atoms with E-state index in [-0.39, 0.29) is 11.1 Å². The number of nitrogens with zero attached hydrogens (tertiary/aromatic N) is 3. The standard InChI is InChI=1S/C66H63N3/c1-65(2,59-32-34-62(68-45-59)52-22-10-6-11-23-52)42-48-36-47(37-49(38-48)43-66(3,4)60-33-35-63(69-46-60)53-24-12-7-13-25-53)30-31-58-44-67-64(57-29-17-27-55(40-57)50-18-8-5-9-19-50)41-61(58)56-28-16-26-54(39-56)51-20-14-15-21-51/h5-13,16-19,22-29,32-41,44-46,51H,14-15,20-21,30-31,42-43H2,1-4H3/i30D2,31D2. The van der Waals surface area contributed by atoms with Gasteiger partial charge in [0.25, 0.3) is 0 Å². The lowest BCUT2D eigenvalue weighted by atomic mass is 9.77. The van der Waals surface area contributed by atoms with E-state index in [0.29, 0.717) is 30.0 Å². The van der Waals surface area contributed by atoms with Gasteiger partial charge in [0.1, 0.15) is 0 Å². The third-order valence-corrected chi connectivity index (χ3v) is 14.1. The number of aryl methyl sites for hydroxylation is 2. The van der Waals surface area contributed by atoms with Crippen LogP contribution in [0.15, 0.2) is 207 Å². The summed E-state index contributed by atoms with van der Waals surface area (Å²) in [6.07, 6.45) is 6.28. The molecule has 1 aliphatic carbocycles. The molecular weight excluding hydrogens is 835 g/mol. The molecule has 10 rings (SSSR count). The zero-order chi connectivity index (χ0) is 50.8. The maximum absolute atomic E-state index is 10.1. The molecule has 1 aliphatic rings. The predicted molar refractivity (Wildman–Crippen MR) is 288 cm³/mol. The number of rotatable bonds is 15. The van der Waals surface area contributed by atoms with E-state index >= 15 is 0 Å². The Labute approximate surface area is 416 Å². The van der Waals surface area contributed by atoms with Gasteiger partial charge in [0.05, 0.1) is 17.1 Å². The summed E-state index contributed by atoms with van der Waals surface area (Å²) in [5.41, 5.74) is 14.1. The van der Waals surface area contributed by atoms with Crippen LogP contribution in [0.3, 0.4) is 0 Å². The van der Waals surface area contributed by atoms with Crippen LogP contribution in [0.1, 0.15) is 104 Å². The Morgan fingerprint density at radius 3 is 1.48 bits per heavy atom. The number of pyridine rings is 3. The molecule has 3 heterocycles. The lowest BCUT2D eigenvalue weighted by Crippen LogP contribution is -2.23. The van der Waals surface area contributed by atoms with E-state index in [1.807, 2.05) is 103 Å².